The van der Waals surface area contributed by atoms with Gasteiger partial charge in [0.05, 0.1) is 16.8 Å². The average molecular weight is 356 g/mol. The van der Waals surface area contributed by atoms with Gasteiger partial charge >= 0.3 is 0 Å². The van der Waals surface area contributed by atoms with Crippen LogP contribution in [0.4, 0.5) is 9.52 Å². The Hall–Kier alpha value is -2.77. The first kappa shape index (κ1) is 15.7. The van der Waals surface area contributed by atoms with E-state index in [0.29, 0.717) is 22.0 Å². The molecule has 126 valence electrons. The Bertz CT molecular complexity index is 951. The summed E-state index contributed by atoms with van der Waals surface area (Å²) in [6.07, 6.45) is 2.86. The van der Waals surface area contributed by atoms with Crippen molar-refractivity contribution < 1.29 is 18.7 Å². The highest BCUT2D eigenvalue weighted by Crippen LogP contribution is 2.30. The molecule has 2 aromatic carbocycles. The summed E-state index contributed by atoms with van der Waals surface area (Å²) < 4.78 is 25.2. The standard InChI is InChI=1S/C18H13FN2O3S/c19-13-7-11(17-12(8-13)9-23-10-24-17)5-6-16(22)21-18-20-14-3-1-2-4-15(14)25-18/h1-8H,9-10H2,(H,20,21,22)/b6-5+. The number of para-hydroxylation sites is 1. The lowest BCUT2D eigenvalue weighted by Crippen LogP contribution is -2.13. The largest absolute Gasteiger partial charge is 0.467 e. The van der Waals surface area contributed by atoms with Gasteiger partial charge in [0, 0.05) is 17.2 Å². The molecule has 0 aliphatic carbocycles. The zero-order chi connectivity index (χ0) is 17.2. The van der Waals surface area contributed by atoms with Crippen LogP contribution in [0.3, 0.4) is 0 Å². The number of hydrogen-bond acceptors (Lipinski definition) is 5. The number of anilines is 1. The minimum atomic E-state index is -0.404. The lowest BCUT2D eigenvalue weighted by Gasteiger charge is -2.19. The molecule has 0 radical (unpaired) electrons. The molecule has 0 bridgehead atoms. The van der Waals surface area contributed by atoms with Gasteiger partial charge in [0.25, 0.3) is 0 Å². The molecule has 0 atom stereocenters. The number of nitrogens with zero attached hydrogens (tertiary/aromatic N) is 1. The molecule has 5 nitrogen and oxygen atoms in total. The van der Waals surface area contributed by atoms with Gasteiger partial charge in [-0.2, -0.15) is 0 Å². The van der Waals surface area contributed by atoms with Crippen molar-refractivity contribution in [2.24, 2.45) is 0 Å². The quantitative estimate of drug-likeness (QED) is 0.722. The van der Waals surface area contributed by atoms with Crippen LogP contribution in [0.15, 0.2) is 42.5 Å². The van der Waals surface area contributed by atoms with Crippen molar-refractivity contribution in [3.63, 3.8) is 0 Å². The maximum absolute atomic E-state index is 13.7. The number of benzene rings is 2. The summed E-state index contributed by atoms with van der Waals surface area (Å²) in [7, 11) is 0. The van der Waals surface area contributed by atoms with Gasteiger partial charge in [-0.25, -0.2) is 9.37 Å². The molecule has 0 fully saturated rings. The molecule has 4 rings (SSSR count). The Labute approximate surface area is 146 Å². The SMILES string of the molecule is O=C(/C=C/c1cc(F)cc2c1OCOC2)Nc1nc2ccccc2s1. The number of fused-ring (bicyclic) bond motifs is 2. The normalized spacial score (nSPS) is 13.6. The van der Waals surface area contributed by atoms with E-state index in [9.17, 15) is 9.18 Å². The van der Waals surface area contributed by atoms with Crippen molar-refractivity contribution in [3.05, 3.63) is 59.4 Å². The fraction of sp³-hybridized carbons (Fsp3) is 0.111. The van der Waals surface area contributed by atoms with Gasteiger partial charge in [-0.3, -0.25) is 10.1 Å². The highest BCUT2D eigenvalue weighted by Gasteiger charge is 2.15. The van der Waals surface area contributed by atoms with Gasteiger partial charge in [0.15, 0.2) is 11.9 Å². The van der Waals surface area contributed by atoms with E-state index in [1.165, 1.54) is 35.6 Å². The third kappa shape index (κ3) is 3.38. The Kier molecular flexibility index (Phi) is 4.17. The first-order chi connectivity index (χ1) is 12.2. The third-order valence-corrected chi connectivity index (χ3v) is 4.59. The maximum atomic E-state index is 13.7. The van der Waals surface area contributed by atoms with Crippen LogP contribution in [0.2, 0.25) is 0 Å². The highest BCUT2D eigenvalue weighted by molar-refractivity contribution is 7.22. The maximum Gasteiger partial charge on any atom is 0.250 e. The minimum Gasteiger partial charge on any atom is -0.467 e. The average Bonchev–Trinajstić information content (AvgIpc) is 3.01. The predicted molar refractivity (Wildman–Crippen MR) is 94.0 cm³/mol. The van der Waals surface area contributed by atoms with Crippen LogP contribution >= 0.6 is 11.3 Å². The lowest BCUT2D eigenvalue weighted by atomic mass is 10.1. The van der Waals surface area contributed by atoms with E-state index >= 15 is 0 Å². The lowest BCUT2D eigenvalue weighted by molar-refractivity contribution is -0.111. The van der Waals surface area contributed by atoms with Crippen LogP contribution in [-0.2, 0) is 16.1 Å². The fourth-order valence-electron chi connectivity index (χ4n) is 2.57. The number of amides is 1. The first-order valence-electron chi connectivity index (χ1n) is 7.57. The number of thiazole rings is 1. The molecule has 3 aromatic rings. The van der Waals surface area contributed by atoms with Crippen molar-refractivity contribution in [2.75, 3.05) is 12.1 Å². The highest BCUT2D eigenvalue weighted by atomic mass is 32.1. The number of halogens is 1. The van der Waals surface area contributed by atoms with Gasteiger partial charge in [-0.1, -0.05) is 23.5 Å². The Morgan fingerprint density at radius 3 is 3.08 bits per heavy atom. The summed E-state index contributed by atoms with van der Waals surface area (Å²) in [6, 6.07) is 10.3. The zero-order valence-corrected chi connectivity index (χ0v) is 13.8. The molecule has 1 amide bonds. The second-order valence-corrected chi connectivity index (χ2v) is 6.43. The van der Waals surface area contributed by atoms with Gasteiger partial charge < -0.3 is 9.47 Å². The predicted octanol–water partition coefficient (Wildman–Crippen LogP) is 3.95. The van der Waals surface area contributed by atoms with Crippen LogP contribution in [0.5, 0.6) is 5.75 Å². The van der Waals surface area contributed by atoms with E-state index in [1.807, 2.05) is 24.3 Å². The number of aromatic nitrogens is 1. The van der Waals surface area contributed by atoms with Crippen LogP contribution in [-0.4, -0.2) is 17.7 Å². The summed E-state index contributed by atoms with van der Waals surface area (Å²) in [5, 5.41) is 3.23. The molecule has 0 unspecified atom stereocenters. The van der Waals surface area contributed by atoms with Crippen molar-refractivity contribution in [1.82, 2.24) is 4.98 Å². The molecule has 0 spiro atoms. The Morgan fingerprint density at radius 1 is 1.32 bits per heavy atom. The zero-order valence-electron chi connectivity index (χ0n) is 13.0. The number of carbonyl (C=O) groups excluding carboxylic acids is 1. The summed E-state index contributed by atoms with van der Waals surface area (Å²) >= 11 is 1.39. The van der Waals surface area contributed by atoms with Gasteiger partial charge in [-0.15, -0.1) is 0 Å². The number of carbonyl (C=O) groups is 1. The molecule has 0 saturated heterocycles. The third-order valence-electron chi connectivity index (χ3n) is 3.64. The fourth-order valence-corrected chi connectivity index (χ4v) is 3.44. The van der Waals surface area contributed by atoms with E-state index in [0.717, 1.165) is 10.2 Å². The van der Waals surface area contributed by atoms with Gasteiger partial charge in [0.2, 0.25) is 5.91 Å². The number of rotatable bonds is 3. The Balaban J connectivity index is 1.53. The first-order valence-corrected chi connectivity index (χ1v) is 8.38. The summed E-state index contributed by atoms with van der Waals surface area (Å²) in [4.78, 5) is 16.5. The van der Waals surface area contributed by atoms with Crippen LogP contribution in [0.25, 0.3) is 16.3 Å². The molecule has 1 N–H and O–H groups in total. The van der Waals surface area contributed by atoms with Crippen LogP contribution in [0.1, 0.15) is 11.1 Å². The molecular formula is C18H13FN2O3S. The van der Waals surface area contributed by atoms with E-state index in [1.54, 1.807) is 0 Å². The van der Waals surface area contributed by atoms with E-state index in [-0.39, 0.29) is 19.3 Å². The molecule has 2 heterocycles. The summed E-state index contributed by atoms with van der Waals surface area (Å²) in [6.45, 7) is 0.392. The van der Waals surface area contributed by atoms with Crippen molar-refractivity contribution in [2.45, 2.75) is 6.61 Å². The molecule has 1 aromatic heterocycles. The van der Waals surface area contributed by atoms with Crippen molar-refractivity contribution in [1.29, 1.82) is 0 Å². The second-order valence-electron chi connectivity index (χ2n) is 5.40. The molecule has 1 aliphatic heterocycles. The number of hydrogen-bond donors (Lipinski definition) is 1. The van der Waals surface area contributed by atoms with Gasteiger partial charge in [0.1, 0.15) is 11.6 Å². The summed E-state index contributed by atoms with van der Waals surface area (Å²) in [5.41, 5.74) is 1.95. The Morgan fingerprint density at radius 2 is 2.20 bits per heavy atom. The van der Waals surface area contributed by atoms with Crippen LogP contribution in [0, 0.1) is 5.82 Å². The number of ether oxygens (including phenoxy) is 2. The van der Waals surface area contributed by atoms with E-state index in [4.69, 9.17) is 9.47 Å². The van der Waals surface area contributed by atoms with Crippen molar-refractivity contribution in [3.8, 4) is 5.75 Å². The topological polar surface area (TPSA) is 60.5 Å². The smallest absolute Gasteiger partial charge is 0.250 e. The minimum absolute atomic E-state index is 0.109. The second kappa shape index (κ2) is 6.62. The van der Waals surface area contributed by atoms with Crippen molar-refractivity contribution >= 4 is 38.7 Å². The molecule has 0 saturated carbocycles. The number of nitrogens with one attached hydrogen (secondary N) is 1. The molecule has 7 heteroatoms. The van der Waals surface area contributed by atoms with E-state index < -0.39 is 5.82 Å². The van der Waals surface area contributed by atoms with E-state index in [2.05, 4.69) is 10.3 Å². The summed E-state index contributed by atoms with van der Waals surface area (Å²) in [5.74, 6) is -0.208. The van der Waals surface area contributed by atoms with Gasteiger partial charge in [-0.05, 0) is 30.3 Å². The monoisotopic (exact) mass is 356 g/mol. The molecule has 25 heavy (non-hydrogen) atoms. The van der Waals surface area contributed by atoms with Crippen LogP contribution < -0.4 is 10.1 Å². The molecule has 1 aliphatic rings. The molecular weight excluding hydrogens is 343 g/mol.